The zero-order valence-corrected chi connectivity index (χ0v) is 10.9. The zero-order chi connectivity index (χ0) is 13.0. The molecule has 2 aromatic heterocycles. The molecule has 0 saturated heterocycles. The highest BCUT2D eigenvalue weighted by atomic mass is 32.1. The van der Waals surface area contributed by atoms with Crippen LogP contribution in [0.25, 0.3) is 0 Å². The first kappa shape index (κ1) is 12.5. The summed E-state index contributed by atoms with van der Waals surface area (Å²) in [4.78, 5) is 14.2. The molecule has 0 saturated carbocycles. The summed E-state index contributed by atoms with van der Waals surface area (Å²) in [7, 11) is 3.39. The van der Waals surface area contributed by atoms with Gasteiger partial charge in [-0.3, -0.25) is 5.43 Å². The number of rotatable bonds is 5. The van der Waals surface area contributed by atoms with E-state index in [-0.39, 0.29) is 12.0 Å². The number of anilines is 2. The molecule has 8 heteroatoms. The van der Waals surface area contributed by atoms with Crippen LogP contribution in [0.2, 0.25) is 0 Å². The third-order valence-electron chi connectivity index (χ3n) is 2.26. The monoisotopic (exact) mass is 266 g/mol. The minimum Gasteiger partial charge on any atom is -0.467 e. The van der Waals surface area contributed by atoms with Gasteiger partial charge in [-0.15, -0.1) is 0 Å². The summed E-state index contributed by atoms with van der Waals surface area (Å²) >= 11 is 1.66. The molecule has 0 fully saturated rings. The van der Waals surface area contributed by atoms with Crippen molar-refractivity contribution in [3.8, 4) is 6.01 Å². The number of hydrogen-bond acceptors (Lipinski definition) is 8. The van der Waals surface area contributed by atoms with Crippen LogP contribution in [0.5, 0.6) is 6.01 Å². The van der Waals surface area contributed by atoms with Crippen LogP contribution < -0.4 is 20.9 Å². The number of hydrazine groups is 1. The molecule has 3 N–H and O–H groups in total. The highest BCUT2D eigenvalue weighted by molar-refractivity contribution is 7.07. The van der Waals surface area contributed by atoms with Crippen molar-refractivity contribution in [2.45, 2.75) is 6.54 Å². The van der Waals surface area contributed by atoms with E-state index in [1.807, 2.05) is 17.3 Å². The van der Waals surface area contributed by atoms with E-state index in [0.29, 0.717) is 12.5 Å². The van der Waals surface area contributed by atoms with Gasteiger partial charge in [0.05, 0.1) is 7.11 Å². The van der Waals surface area contributed by atoms with Gasteiger partial charge < -0.3 is 9.64 Å². The van der Waals surface area contributed by atoms with Gasteiger partial charge in [-0.2, -0.15) is 26.3 Å². The van der Waals surface area contributed by atoms with Crippen LogP contribution in [0.1, 0.15) is 5.56 Å². The molecule has 0 atom stereocenters. The molecule has 0 aliphatic rings. The van der Waals surface area contributed by atoms with E-state index in [0.717, 1.165) is 0 Å². The highest BCUT2D eigenvalue weighted by Crippen LogP contribution is 2.16. The number of nitrogens with two attached hydrogens (primary N) is 1. The van der Waals surface area contributed by atoms with Gasteiger partial charge in [-0.25, -0.2) is 5.84 Å². The van der Waals surface area contributed by atoms with Crippen LogP contribution in [0.15, 0.2) is 16.8 Å². The van der Waals surface area contributed by atoms with Crippen LogP contribution in [0.3, 0.4) is 0 Å². The minimum atomic E-state index is 0.227. The van der Waals surface area contributed by atoms with Crippen LogP contribution in [0, 0.1) is 0 Å². The Morgan fingerprint density at radius 3 is 2.89 bits per heavy atom. The number of nitrogen functional groups attached to an aromatic ring is 1. The lowest BCUT2D eigenvalue weighted by molar-refractivity contribution is 0.379. The van der Waals surface area contributed by atoms with Crippen molar-refractivity contribution in [3.63, 3.8) is 0 Å². The number of nitrogens with zero attached hydrogens (tertiary/aromatic N) is 4. The molecule has 2 rings (SSSR count). The number of thiophene rings is 1. The molecular weight excluding hydrogens is 252 g/mol. The molecule has 0 aliphatic carbocycles. The first-order chi connectivity index (χ1) is 8.72. The lowest BCUT2D eigenvalue weighted by atomic mass is 10.3. The topological polar surface area (TPSA) is 89.2 Å². The Morgan fingerprint density at radius 1 is 1.44 bits per heavy atom. The predicted molar refractivity (Wildman–Crippen MR) is 70.6 cm³/mol. The summed E-state index contributed by atoms with van der Waals surface area (Å²) in [6.45, 7) is 0.709. The molecule has 2 heterocycles. The Morgan fingerprint density at radius 2 is 2.28 bits per heavy atom. The van der Waals surface area contributed by atoms with E-state index in [2.05, 4.69) is 31.8 Å². The second-order valence-electron chi connectivity index (χ2n) is 3.58. The SMILES string of the molecule is COc1nc(NN)nc(N(C)Cc2ccsc2)n1. The average Bonchev–Trinajstić information content (AvgIpc) is 2.90. The van der Waals surface area contributed by atoms with Gasteiger partial charge in [0.15, 0.2) is 0 Å². The highest BCUT2D eigenvalue weighted by Gasteiger charge is 2.10. The van der Waals surface area contributed by atoms with E-state index in [1.54, 1.807) is 11.3 Å². The zero-order valence-electron chi connectivity index (χ0n) is 10.1. The molecule has 7 nitrogen and oxygen atoms in total. The molecule has 0 amide bonds. The second-order valence-corrected chi connectivity index (χ2v) is 4.36. The third kappa shape index (κ3) is 2.84. The predicted octanol–water partition coefficient (Wildman–Crippen LogP) is 0.864. The molecule has 96 valence electrons. The van der Waals surface area contributed by atoms with E-state index < -0.39 is 0 Å². The number of ether oxygens (including phenoxy) is 1. The minimum absolute atomic E-state index is 0.227. The molecule has 0 radical (unpaired) electrons. The van der Waals surface area contributed by atoms with Crippen LogP contribution in [-0.4, -0.2) is 29.1 Å². The van der Waals surface area contributed by atoms with Crippen LogP contribution >= 0.6 is 11.3 Å². The largest absolute Gasteiger partial charge is 0.467 e. The number of methoxy groups -OCH3 is 1. The van der Waals surface area contributed by atoms with Crippen molar-refractivity contribution in [2.24, 2.45) is 5.84 Å². The van der Waals surface area contributed by atoms with Crippen molar-refractivity contribution >= 4 is 23.2 Å². The molecule has 18 heavy (non-hydrogen) atoms. The summed E-state index contributed by atoms with van der Waals surface area (Å²) in [5.74, 6) is 6.08. The van der Waals surface area contributed by atoms with E-state index in [9.17, 15) is 0 Å². The van der Waals surface area contributed by atoms with Crippen molar-refractivity contribution in [2.75, 3.05) is 24.5 Å². The maximum absolute atomic E-state index is 5.30. The molecule has 0 unspecified atom stereocenters. The van der Waals surface area contributed by atoms with Crippen molar-refractivity contribution in [1.82, 2.24) is 15.0 Å². The standard InChI is InChI=1S/C10H14N6OS/c1-16(5-7-3-4-18-6-7)9-12-8(15-11)13-10(14-9)17-2/h3-4,6H,5,11H2,1-2H3,(H,12,13,14,15). The van der Waals surface area contributed by atoms with Gasteiger partial charge in [0.25, 0.3) is 0 Å². The fraction of sp³-hybridized carbons (Fsp3) is 0.300. The molecule has 2 aromatic rings. The van der Waals surface area contributed by atoms with Crippen molar-refractivity contribution in [1.29, 1.82) is 0 Å². The van der Waals surface area contributed by atoms with Crippen molar-refractivity contribution in [3.05, 3.63) is 22.4 Å². The molecule has 0 bridgehead atoms. The van der Waals surface area contributed by atoms with Crippen molar-refractivity contribution < 1.29 is 4.74 Å². The van der Waals surface area contributed by atoms with Gasteiger partial charge in [-0.1, -0.05) is 0 Å². The van der Waals surface area contributed by atoms with Crippen LogP contribution in [0.4, 0.5) is 11.9 Å². The number of nitrogens with one attached hydrogen (secondary N) is 1. The number of aromatic nitrogens is 3. The Bertz CT molecular complexity index is 481. The van der Waals surface area contributed by atoms with Gasteiger partial charge in [0.2, 0.25) is 11.9 Å². The summed E-state index contributed by atoms with van der Waals surface area (Å²) in [6, 6.07) is 2.28. The molecule has 0 aromatic carbocycles. The maximum atomic E-state index is 5.30. The first-order valence-corrected chi connectivity index (χ1v) is 6.16. The smallest absolute Gasteiger partial charge is 0.322 e. The lowest BCUT2D eigenvalue weighted by Crippen LogP contribution is -2.21. The van der Waals surface area contributed by atoms with E-state index in [4.69, 9.17) is 10.6 Å². The lowest BCUT2D eigenvalue weighted by Gasteiger charge is -2.16. The quantitative estimate of drug-likeness (QED) is 0.613. The fourth-order valence-corrected chi connectivity index (χ4v) is 2.06. The summed E-state index contributed by atoms with van der Waals surface area (Å²) in [5.41, 5.74) is 3.59. The Kier molecular flexibility index (Phi) is 3.90. The fourth-order valence-electron chi connectivity index (χ4n) is 1.40. The molecule has 0 spiro atoms. The Hall–Kier alpha value is -1.93. The molecule has 0 aliphatic heterocycles. The van der Waals surface area contributed by atoms with E-state index in [1.165, 1.54) is 12.7 Å². The summed E-state index contributed by atoms with van der Waals surface area (Å²) < 4.78 is 5.00. The first-order valence-electron chi connectivity index (χ1n) is 5.22. The van der Waals surface area contributed by atoms with E-state index >= 15 is 0 Å². The third-order valence-corrected chi connectivity index (χ3v) is 2.99. The molecular formula is C10H14N6OS. The average molecular weight is 266 g/mol. The Balaban J connectivity index is 2.20. The maximum Gasteiger partial charge on any atom is 0.322 e. The normalized spacial score (nSPS) is 10.2. The summed E-state index contributed by atoms with van der Waals surface area (Å²) in [5, 5.41) is 4.11. The van der Waals surface area contributed by atoms with Gasteiger partial charge in [0.1, 0.15) is 0 Å². The van der Waals surface area contributed by atoms with Gasteiger partial charge in [0, 0.05) is 13.6 Å². The number of hydrogen-bond donors (Lipinski definition) is 2. The van der Waals surface area contributed by atoms with Gasteiger partial charge in [-0.05, 0) is 22.4 Å². The second kappa shape index (κ2) is 5.61. The van der Waals surface area contributed by atoms with Crippen LogP contribution in [-0.2, 0) is 6.54 Å². The van der Waals surface area contributed by atoms with Gasteiger partial charge >= 0.3 is 6.01 Å². The Labute approximate surface area is 109 Å². The summed E-state index contributed by atoms with van der Waals surface area (Å²) in [6.07, 6.45) is 0.